The van der Waals surface area contributed by atoms with Gasteiger partial charge in [-0.2, -0.15) is 0 Å². The zero-order valence-electron chi connectivity index (χ0n) is 32.4. The summed E-state index contributed by atoms with van der Waals surface area (Å²) in [6.07, 6.45) is 1.23. The molecule has 0 aliphatic carbocycles. The highest BCUT2D eigenvalue weighted by atomic mass is 16.6. The Kier molecular flexibility index (Phi) is 11.4. The van der Waals surface area contributed by atoms with Crippen molar-refractivity contribution in [2.75, 3.05) is 13.1 Å². The molecule has 0 radical (unpaired) electrons. The van der Waals surface area contributed by atoms with Gasteiger partial charge in [0.25, 0.3) is 0 Å². The lowest BCUT2D eigenvalue weighted by molar-refractivity contribution is -0.132. The van der Waals surface area contributed by atoms with Gasteiger partial charge < -0.3 is 20.3 Å². The molecule has 1 aliphatic rings. The average molecular weight is 752 g/mol. The third-order valence-corrected chi connectivity index (χ3v) is 10.5. The molecule has 0 bridgehead atoms. The maximum atomic E-state index is 14.7. The van der Waals surface area contributed by atoms with E-state index < -0.39 is 17.7 Å². The molecule has 3 atom stereocenters. The van der Waals surface area contributed by atoms with E-state index in [1.54, 1.807) is 9.58 Å². The van der Waals surface area contributed by atoms with Crippen LogP contribution in [0.2, 0.25) is 0 Å². The fraction of sp³-hybridized carbons (Fsp3) is 0.333. The summed E-state index contributed by atoms with van der Waals surface area (Å²) >= 11 is 0. The molecule has 1 aliphatic heterocycles. The molecule has 11 heteroatoms. The number of amides is 3. The van der Waals surface area contributed by atoms with Crippen LogP contribution in [-0.4, -0.2) is 67.7 Å². The molecule has 6 aromatic rings. The first-order valence-electron chi connectivity index (χ1n) is 19.4. The smallest absolute Gasteiger partial charge is 0.410 e. The Morgan fingerprint density at radius 1 is 0.750 bits per heavy atom. The first kappa shape index (κ1) is 38.2. The lowest BCUT2D eigenvalue weighted by Gasteiger charge is -2.33. The van der Waals surface area contributed by atoms with E-state index >= 15 is 0 Å². The zero-order chi connectivity index (χ0) is 39.2. The number of rotatable bonds is 11. The Morgan fingerprint density at radius 3 is 1.93 bits per heavy atom. The molecule has 5 aromatic carbocycles. The maximum absolute atomic E-state index is 14.7. The van der Waals surface area contributed by atoms with Gasteiger partial charge in [-0.3, -0.25) is 9.59 Å². The molecule has 0 saturated carbocycles. The van der Waals surface area contributed by atoms with E-state index in [0.717, 1.165) is 38.2 Å². The largest absolute Gasteiger partial charge is 0.444 e. The number of ether oxygens (including phenoxy) is 1. The summed E-state index contributed by atoms with van der Waals surface area (Å²) in [6, 6.07) is 36.8. The van der Waals surface area contributed by atoms with E-state index in [1.165, 1.54) is 0 Å². The summed E-state index contributed by atoms with van der Waals surface area (Å²) in [7, 11) is 0. The van der Waals surface area contributed by atoms with Crippen LogP contribution in [0.3, 0.4) is 0 Å². The van der Waals surface area contributed by atoms with E-state index in [2.05, 4.69) is 62.6 Å². The van der Waals surface area contributed by atoms with Gasteiger partial charge in [0.15, 0.2) is 5.82 Å². The molecule has 7 rings (SSSR count). The van der Waals surface area contributed by atoms with Crippen LogP contribution in [0.4, 0.5) is 4.79 Å². The van der Waals surface area contributed by atoms with Crippen molar-refractivity contribution in [2.45, 2.75) is 77.1 Å². The fourth-order valence-electron chi connectivity index (χ4n) is 7.41. The SMILES string of the molecule is CC(c1ccccc1)n1nnnc1[C@@H](Cc1ccc2ccccc2c1)NC(=O)[C@@H](Cc1ccc2ccccc2c1)NC(=O)C1CCN(C(=O)OC(C)(C)C)CC1. The van der Waals surface area contributed by atoms with Crippen molar-refractivity contribution in [3.63, 3.8) is 0 Å². The number of fused-ring (bicyclic) bond motifs is 2. The van der Waals surface area contributed by atoms with Crippen molar-refractivity contribution in [1.82, 2.24) is 35.7 Å². The molecule has 56 heavy (non-hydrogen) atoms. The molecule has 288 valence electrons. The molecule has 1 aromatic heterocycles. The van der Waals surface area contributed by atoms with Gasteiger partial charge in [0, 0.05) is 31.8 Å². The lowest BCUT2D eigenvalue weighted by atomic mass is 9.94. The predicted octanol–water partition coefficient (Wildman–Crippen LogP) is 7.36. The van der Waals surface area contributed by atoms with Crippen molar-refractivity contribution in [3.8, 4) is 0 Å². The third kappa shape index (κ3) is 9.22. The maximum Gasteiger partial charge on any atom is 0.410 e. The van der Waals surface area contributed by atoms with Gasteiger partial charge in [-0.05, 0) is 89.2 Å². The van der Waals surface area contributed by atoms with Crippen molar-refractivity contribution in [2.24, 2.45) is 5.92 Å². The molecule has 2 N–H and O–H groups in total. The summed E-state index contributed by atoms with van der Waals surface area (Å²) in [5, 5.41) is 23.7. The minimum atomic E-state index is -0.900. The second kappa shape index (κ2) is 16.7. The monoisotopic (exact) mass is 751 g/mol. The number of nitrogens with one attached hydrogen (secondary N) is 2. The molecule has 0 spiro atoms. The Bertz CT molecular complexity index is 2310. The van der Waals surface area contributed by atoms with Crippen molar-refractivity contribution >= 4 is 39.5 Å². The fourth-order valence-corrected chi connectivity index (χ4v) is 7.41. The van der Waals surface area contributed by atoms with Crippen LogP contribution < -0.4 is 10.6 Å². The topological polar surface area (TPSA) is 131 Å². The Morgan fingerprint density at radius 2 is 1.32 bits per heavy atom. The number of carbonyl (C=O) groups excluding carboxylic acids is 3. The minimum absolute atomic E-state index is 0.211. The van der Waals surface area contributed by atoms with Gasteiger partial charge in [0.1, 0.15) is 11.6 Å². The minimum Gasteiger partial charge on any atom is -0.444 e. The molecule has 2 heterocycles. The molecular formula is C45H49N7O4. The highest BCUT2D eigenvalue weighted by Crippen LogP contribution is 2.26. The molecule has 11 nitrogen and oxygen atoms in total. The van der Waals surface area contributed by atoms with Crippen molar-refractivity contribution in [3.05, 3.63) is 138 Å². The first-order valence-corrected chi connectivity index (χ1v) is 19.4. The quantitative estimate of drug-likeness (QED) is 0.141. The van der Waals surface area contributed by atoms with Gasteiger partial charge >= 0.3 is 6.09 Å². The number of benzene rings is 5. The van der Waals surface area contributed by atoms with Crippen LogP contribution in [0.5, 0.6) is 0 Å². The van der Waals surface area contributed by atoms with Crippen molar-refractivity contribution < 1.29 is 19.1 Å². The van der Waals surface area contributed by atoms with Crippen molar-refractivity contribution in [1.29, 1.82) is 0 Å². The number of likely N-dealkylation sites (tertiary alicyclic amines) is 1. The van der Waals surface area contributed by atoms with E-state index in [1.807, 2.05) is 107 Å². The Hall–Kier alpha value is -6.10. The highest BCUT2D eigenvalue weighted by Gasteiger charge is 2.34. The van der Waals surface area contributed by atoms with Crippen LogP contribution in [0.25, 0.3) is 21.5 Å². The molecular weight excluding hydrogens is 703 g/mol. The van der Waals surface area contributed by atoms with Crippen LogP contribution in [0, 0.1) is 5.92 Å². The predicted molar refractivity (Wildman–Crippen MR) is 217 cm³/mol. The second-order valence-corrected chi connectivity index (χ2v) is 15.7. The van der Waals surface area contributed by atoms with Crippen LogP contribution in [-0.2, 0) is 27.2 Å². The number of carbonyl (C=O) groups is 3. The standard InChI is InChI=1S/C45H49N7O4/c1-30(33-12-6-5-7-13-33)52-41(48-49-50-52)39(28-31-18-20-34-14-8-10-16-37(34)26-31)46-43(54)40(29-32-19-21-35-15-9-11-17-38(35)27-32)47-42(53)36-22-24-51(25-23-36)44(55)56-45(2,3)4/h5-21,26-27,30,36,39-40H,22-25,28-29H2,1-4H3,(H,46,54)(H,47,53)/t30?,39-,40-/m1/s1. The second-order valence-electron chi connectivity index (χ2n) is 15.7. The van der Waals surface area contributed by atoms with E-state index in [9.17, 15) is 14.4 Å². The number of tetrazole rings is 1. The number of hydrogen-bond donors (Lipinski definition) is 2. The van der Waals surface area contributed by atoms with Crippen LogP contribution in [0.15, 0.2) is 115 Å². The van der Waals surface area contributed by atoms with Crippen LogP contribution >= 0.6 is 0 Å². The molecule has 1 saturated heterocycles. The lowest BCUT2D eigenvalue weighted by Crippen LogP contribution is -2.52. The average Bonchev–Trinajstić information content (AvgIpc) is 3.70. The highest BCUT2D eigenvalue weighted by molar-refractivity contribution is 5.90. The number of aromatic nitrogens is 4. The molecule has 1 fully saturated rings. The summed E-state index contributed by atoms with van der Waals surface area (Å²) < 4.78 is 7.32. The van der Waals surface area contributed by atoms with Gasteiger partial charge in [0.2, 0.25) is 11.8 Å². The number of piperidine rings is 1. The summed E-state index contributed by atoms with van der Waals surface area (Å²) in [5.74, 6) is -0.421. The van der Waals surface area contributed by atoms with E-state index in [-0.39, 0.29) is 36.3 Å². The van der Waals surface area contributed by atoms with E-state index in [4.69, 9.17) is 4.74 Å². The van der Waals surface area contributed by atoms with Gasteiger partial charge in [-0.25, -0.2) is 9.48 Å². The number of hydrogen-bond acceptors (Lipinski definition) is 7. The molecule has 1 unspecified atom stereocenters. The van der Waals surface area contributed by atoms with E-state index in [0.29, 0.717) is 38.2 Å². The summed E-state index contributed by atoms with van der Waals surface area (Å²) in [4.78, 5) is 43.1. The van der Waals surface area contributed by atoms with Crippen LogP contribution in [0.1, 0.15) is 75.1 Å². The Balaban J connectivity index is 1.17. The summed E-state index contributed by atoms with van der Waals surface area (Å²) in [6.45, 7) is 8.32. The van der Waals surface area contributed by atoms with Gasteiger partial charge in [0.05, 0.1) is 12.1 Å². The zero-order valence-corrected chi connectivity index (χ0v) is 32.4. The number of nitrogens with zero attached hydrogens (tertiary/aromatic N) is 5. The third-order valence-electron chi connectivity index (χ3n) is 10.5. The normalized spacial score (nSPS) is 15.2. The Labute approximate surface area is 327 Å². The molecule has 3 amide bonds. The van der Waals surface area contributed by atoms with Gasteiger partial charge in [-0.1, -0.05) is 115 Å². The van der Waals surface area contributed by atoms with Gasteiger partial charge in [-0.15, -0.1) is 5.10 Å². The summed E-state index contributed by atoms with van der Waals surface area (Å²) in [5.41, 5.74) is 2.33. The first-order chi connectivity index (χ1) is 27.0.